The van der Waals surface area contributed by atoms with Crippen LogP contribution in [0.15, 0.2) is 54.9 Å². The van der Waals surface area contributed by atoms with Crippen LogP contribution >= 0.6 is 0 Å². The van der Waals surface area contributed by atoms with E-state index in [1.165, 1.54) is 0 Å². The highest BCUT2D eigenvalue weighted by Crippen LogP contribution is 2.27. The minimum Gasteiger partial charge on any atom is -0.491 e. The summed E-state index contributed by atoms with van der Waals surface area (Å²) in [7, 11) is 0. The van der Waals surface area contributed by atoms with Crippen LogP contribution < -0.4 is 4.74 Å². The van der Waals surface area contributed by atoms with E-state index in [0.717, 1.165) is 60.0 Å². The monoisotopic (exact) mass is 407 g/mol. The Morgan fingerprint density at radius 2 is 1.83 bits per heavy atom. The molecule has 0 amide bonds. The quantitative estimate of drug-likeness (QED) is 0.597. The van der Waals surface area contributed by atoms with Gasteiger partial charge < -0.3 is 19.8 Å². The summed E-state index contributed by atoms with van der Waals surface area (Å²) in [5.41, 5.74) is 2.11. The number of hydrogen-bond acceptors (Lipinski definition) is 6. The van der Waals surface area contributed by atoms with Gasteiger partial charge in [0.2, 0.25) is 0 Å². The van der Waals surface area contributed by atoms with E-state index in [1.54, 1.807) is 12.4 Å². The zero-order valence-corrected chi connectivity index (χ0v) is 17.2. The minimum atomic E-state index is -0.524. The van der Waals surface area contributed by atoms with Gasteiger partial charge in [-0.3, -0.25) is 0 Å². The van der Waals surface area contributed by atoms with Crippen molar-refractivity contribution >= 4 is 10.8 Å². The zero-order chi connectivity index (χ0) is 20.8. The van der Waals surface area contributed by atoms with Gasteiger partial charge in [0.25, 0.3) is 0 Å². The molecule has 1 saturated heterocycles. The number of piperidine rings is 1. The summed E-state index contributed by atoms with van der Waals surface area (Å²) in [5.74, 6) is 1.37. The molecule has 4 rings (SSSR count). The van der Waals surface area contributed by atoms with E-state index in [-0.39, 0.29) is 13.2 Å². The van der Waals surface area contributed by atoms with E-state index in [2.05, 4.69) is 33.3 Å². The number of aliphatic hydroxyl groups excluding tert-OH is 2. The van der Waals surface area contributed by atoms with Crippen molar-refractivity contribution in [2.45, 2.75) is 25.4 Å². The van der Waals surface area contributed by atoms with Crippen LogP contribution in [0.3, 0.4) is 0 Å². The lowest BCUT2D eigenvalue weighted by molar-refractivity contribution is 0.0528. The SMILES string of the molecule is OCCC1CCN(CC(O)COc2ccc3ccc(-c4ccnnc4)cc3c2)CC1. The van der Waals surface area contributed by atoms with Gasteiger partial charge in [0.15, 0.2) is 0 Å². The number of benzene rings is 2. The molecule has 1 aliphatic rings. The maximum atomic E-state index is 10.4. The Morgan fingerprint density at radius 1 is 1.00 bits per heavy atom. The number of nitrogens with zero attached hydrogens (tertiary/aromatic N) is 3. The third kappa shape index (κ3) is 5.33. The minimum absolute atomic E-state index is 0.272. The van der Waals surface area contributed by atoms with Crippen molar-refractivity contribution in [1.82, 2.24) is 15.1 Å². The van der Waals surface area contributed by atoms with Crippen LogP contribution in [0.2, 0.25) is 0 Å². The second-order valence-electron chi connectivity index (χ2n) is 8.08. The van der Waals surface area contributed by atoms with Gasteiger partial charge in [-0.05, 0) is 78.9 Å². The summed E-state index contributed by atoms with van der Waals surface area (Å²) < 4.78 is 5.89. The van der Waals surface area contributed by atoms with E-state index in [0.29, 0.717) is 12.5 Å². The van der Waals surface area contributed by atoms with Crippen LogP contribution in [0, 0.1) is 5.92 Å². The molecular weight excluding hydrogens is 378 g/mol. The third-order valence-electron chi connectivity index (χ3n) is 5.89. The summed E-state index contributed by atoms with van der Waals surface area (Å²) in [6.07, 6.45) is 5.99. The lowest BCUT2D eigenvalue weighted by Crippen LogP contribution is -2.40. The standard InChI is InChI=1S/C24H29N3O3/c28-12-8-18-6-10-27(11-7-18)16-23(29)17-30-24-4-3-19-1-2-20(13-22(19)14-24)21-5-9-25-26-15-21/h1-5,9,13-15,18,23,28-29H,6-8,10-12,16-17H2. The zero-order valence-electron chi connectivity index (χ0n) is 17.2. The molecule has 0 aliphatic carbocycles. The number of ether oxygens (including phenoxy) is 1. The van der Waals surface area contributed by atoms with Crippen LogP contribution in [0.1, 0.15) is 19.3 Å². The largest absolute Gasteiger partial charge is 0.491 e. The smallest absolute Gasteiger partial charge is 0.120 e. The summed E-state index contributed by atoms with van der Waals surface area (Å²) in [5, 5.41) is 29.5. The van der Waals surface area contributed by atoms with E-state index in [4.69, 9.17) is 9.84 Å². The normalized spacial score (nSPS) is 16.6. The van der Waals surface area contributed by atoms with Gasteiger partial charge in [-0.25, -0.2) is 0 Å². The first-order chi connectivity index (χ1) is 14.7. The van der Waals surface area contributed by atoms with E-state index in [9.17, 15) is 5.11 Å². The van der Waals surface area contributed by atoms with Crippen molar-refractivity contribution in [3.05, 3.63) is 54.9 Å². The van der Waals surface area contributed by atoms with E-state index >= 15 is 0 Å². The Kier molecular flexibility index (Phi) is 6.89. The molecule has 2 aromatic carbocycles. The highest BCUT2D eigenvalue weighted by Gasteiger charge is 2.20. The first-order valence-corrected chi connectivity index (χ1v) is 10.7. The molecule has 2 heterocycles. The van der Waals surface area contributed by atoms with Gasteiger partial charge >= 0.3 is 0 Å². The van der Waals surface area contributed by atoms with Crippen LogP contribution in [-0.4, -0.2) is 64.3 Å². The number of fused-ring (bicyclic) bond motifs is 1. The maximum Gasteiger partial charge on any atom is 0.120 e. The molecule has 6 heteroatoms. The molecular formula is C24H29N3O3. The average molecular weight is 408 g/mol. The van der Waals surface area contributed by atoms with Crippen molar-refractivity contribution in [3.8, 4) is 16.9 Å². The molecule has 1 aliphatic heterocycles. The second-order valence-corrected chi connectivity index (χ2v) is 8.08. The topological polar surface area (TPSA) is 78.7 Å². The Labute approximate surface area is 177 Å². The van der Waals surface area contributed by atoms with Crippen molar-refractivity contribution < 1.29 is 14.9 Å². The Balaban J connectivity index is 1.33. The fraction of sp³-hybridized carbons (Fsp3) is 0.417. The van der Waals surface area contributed by atoms with Gasteiger partial charge in [0.05, 0.1) is 12.4 Å². The summed E-state index contributed by atoms with van der Waals surface area (Å²) in [4.78, 5) is 2.29. The van der Waals surface area contributed by atoms with Crippen molar-refractivity contribution in [1.29, 1.82) is 0 Å². The number of aliphatic hydroxyl groups is 2. The number of aromatic nitrogens is 2. The van der Waals surface area contributed by atoms with Crippen LogP contribution in [0.5, 0.6) is 5.75 Å². The Morgan fingerprint density at radius 3 is 2.60 bits per heavy atom. The van der Waals surface area contributed by atoms with E-state index < -0.39 is 6.10 Å². The number of likely N-dealkylation sites (tertiary alicyclic amines) is 1. The average Bonchev–Trinajstić information content (AvgIpc) is 2.79. The molecule has 0 saturated carbocycles. The predicted octanol–water partition coefficient (Wildman–Crippen LogP) is 3.13. The van der Waals surface area contributed by atoms with Crippen molar-refractivity contribution in [2.75, 3.05) is 32.8 Å². The number of β-amino-alcohol motifs (C(OH)–C–C–N with tert-alkyl or cyclic N) is 1. The summed E-state index contributed by atoms with van der Waals surface area (Å²) in [6, 6.07) is 14.2. The molecule has 6 nitrogen and oxygen atoms in total. The van der Waals surface area contributed by atoms with Gasteiger partial charge in [-0.2, -0.15) is 10.2 Å². The van der Waals surface area contributed by atoms with Gasteiger partial charge in [-0.15, -0.1) is 0 Å². The lowest BCUT2D eigenvalue weighted by Gasteiger charge is -2.32. The fourth-order valence-corrected chi connectivity index (χ4v) is 4.14. The summed E-state index contributed by atoms with van der Waals surface area (Å²) in [6.45, 7) is 3.12. The van der Waals surface area contributed by atoms with Gasteiger partial charge in [0.1, 0.15) is 18.5 Å². The fourth-order valence-electron chi connectivity index (χ4n) is 4.14. The molecule has 1 atom stereocenters. The van der Waals surface area contributed by atoms with Gasteiger partial charge in [0, 0.05) is 18.7 Å². The Bertz CT molecular complexity index is 943. The molecule has 0 radical (unpaired) electrons. The molecule has 30 heavy (non-hydrogen) atoms. The molecule has 1 aromatic heterocycles. The van der Waals surface area contributed by atoms with E-state index in [1.807, 2.05) is 24.3 Å². The molecule has 2 N–H and O–H groups in total. The maximum absolute atomic E-state index is 10.4. The lowest BCUT2D eigenvalue weighted by atomic mass is 9.94. The first kappa shape index (κ1) is 20.7. The van der Waals surface area contributed by atoms with Crippen LogP contribution in [0.25, 0.3) is 21.9 Å². The van der Waals surface area contributed by atoms with Crippen molar-refractivity contribution in [3.63, 3.8) is 0 Å². The predicted molar refractivity (Wildman–Crippen MR) is 117 cm³/mol. The first-order valence-electron chi connectivity index (χ1n) is 10.7. The van der Waals surface area contributed by atoms with Gasteiger partial charge in [-0.1, -0.05) is 18.2 Å². The third-order valence-corrected chi connectivity index (χ3v) is 5.89. The molecule has 1 unspecified atom stereocenters. The summed E-state index contributed by atoms with van der Waals surface area (Å²) >= 11 is 0. The number of hydrogen-bond donors (Lipinski definition) is 2. The molecule has 3 aromatic rings. The molecule has 0 spiro atoms. The molecule has 1 fully saturated rings. The molecule has 158 valence electrons. The Hall–Kier alpha value is -2.54. The number of rotatable bonds is 8. The van der Waals surface area contributed by atoms with Crippen molar-refractivity contribution in [2.24, 2.45) is 5.92 Å². The highest BCUT2D eigenvalue weighted by molar-refractivity contribution is 5.88. The molecule has 0 bridgehead atoms. The highest BCUT2D eigenvalue weighted by atomic mass is 16.5. The van der Waals surface area contributed by atoms with Crippen LogP contribution in [-0.2, 0) is 0 Å². The second kappa shape index (κ2) is 9.98. The van der Waals surface area contributed by atoms with Crippen LogP contribution in [0.4, 0.5) is 0 Å².